The van der Waals surface area contributed by atoms with Gasteiger partial charge in [0.15, 0.2) is 6.10 Å². The average molecular weight is 394 g/mol. The smallest absolute Gasteiger partial charge is 0.335 e. The van der Waals surface area contributed by atoms with E-state index in [0.29, 0.717) is 5.75 Å². The summed E-state index contributed by atoms with van der Waals surface area (Å²) >= 11 is 0. The number of hydrogen-bond donors (Lipinski definition) is 4. The van der Waals surface area contributed by atoms with E-state index >= 15 is 0 Å². The van der Waals surface area contributed by atoms with Crippen LogP contribution < -0.4 is 4.74 Å². The quantitative estimate of drug-likeness (QED) is 0.392. The summed E-state index contributed by atoms with van der Waals surface area (Å²) in [4.78, 5) is 11.3. The van der Waals surface area contributed by atoms with Crippen molar-refractivity contribution in [3.8, 4) is 5.75 Å². The Kier molecular flexibility index (Phi) is 4.07. The van der Waals surface area contributed by atoms with Gasteiger partial charge in [0.25, 0.3) is 0 Å². The van der Waals surface area contributed by atoms with Crippen LogP contribution >= 0.6 is 0 Å². The average Bonchev–Trinajstić information content (AvgIpc) is 2.73. The highest BCUT2D eigenvalue weighted by atomic mass is 16.7. The molecule has 5 atom stereocenters. The zero-order valence-electron chi connectivity index (χ0n) is 15.1. The van der Waals surface area contributed by atoms with Crippen LogP contribution in [-0.2, 0) is 9.53 Å². The summed E-state index contributed by atoms with van der Waals surface area (Å²) in [5.74, 6) is -1.07. The number of carboxylic acid groups (broad SMARTS) is 1. The lowest BCUT2D eigenvalue weighted by Crippen LogP contribution is -2.61. The van der Waals surface area contributed by atoms with Gasteiger partial charge in [-0.15, -0.1) is 0 Å². The van der Waals surface area contributed by atoms with Crippen LogP contribution in [0.3, 0.4) is 0 Å². The summed E-state index contributed by atoms with van der Waals surface area (Å²) < 4.78 is 11.1. The van der Waals surface area contributed by atoms with E-state index in [1.807, 2.05) is 48.5 Å². The molecule has 29 heavy (non-hydrogen) atoms. The van der Waals surface area contributed by atoms with Crippen molar-refractivity contribution < 1.29 is 34.7 Å². The lowest BCUT2D eigenvalue weighted by Gasteiger charge is -2.38. The fraction of sp³-hybridized carbons (Fsp3) is 0.227. The van der Waals surface area contributed by atoms with Crippen molar-refractivity contribution in [3.63, 3.8) is 0 Å². The Morgan fingerprint density at radius 3 is 2.10 bits per heavy atom. The van der Waals surface area contributed by atoms with Crippen LogP contribution in [-0.4, -0.2) is 57.1 Å². The highest BCUT2D eigenvalue weighted by molar-refractivity contribution is 6.24. The second-order valence-electron chi connectivity index (χ2n) is 7.27. The lowest BCUT2D eigenvalue weighted by atomic mass is 9.94. The van der Waals surface area contributed by atoms with Crippen LogP contribution in [0.25, 0.3) is 32.3 Å². The van der Waals surface area contributed by atoms with Crippen LogP contribution in [0.15, 0.2) is 54.6 Å². The number of aliphatic carboxylic acids is 1. The topological polar surface area (TPSA) is 116 Å². The van der Waals surface area contributed by atoms with Crippen molar-refractivity contribution in [1.82, 2.24) is 0 Å². The van der Waals surface area contributed by atoms with Crippen molar-refractivity contribution in [1.29, 1.82) is 0 Å². The van der Waals surface area contributed by atoms with Crippen LogP contribution in [0.4, 0.5) is 0 Å². The molecule has 7 heteroatoms. The van der Waals surface area contributed by atoms with Crippen LogP contribution in [0.2, 0.25) is 0 Å². The maximum Gasteiger partial charge on any atom is 0.335 e. The van der Waals surface area contributed by atoms with E-state index in [-0.39, 0.29) is 0 Å². The van der Waals surface area contributed by atoms with Gasteiger partial charge in [-0.05, 0) is 33.7 Å². The summed E-state index contributed by atoms with van der Waals surface area (Å²) in [6.45, 7) is 0. The normalized spacial score (nSPS) is 27.6. The molecule has 0 spiro atoms. The van der Waals surface area contributed by atoms with E-state index in [9.17, 15) is 25.2 Å². The number of carboxylic acids is 1. The van der Waals surface area contributed by atoms with Crippen molar-refractivity contribution in [2.45, 2.75) is 30.7 Å². The molecular formula is C22H18O7. The van der Waals surface area contributed by atoms with Gasteiger partial charge in [-0.3, -0.25) is 0 Å². The molecule has 5 rings (SSSR count). The Balaban J connectivity index is 1.61. The molecule has 7 nitrogen and oxygen atoms in total. The summed E-state index contributed by atoms with van der Waals surface area (Å²) in [6.07, 6.45) is -8.25. The molecule has 0 saturated carbocycles. The molecule has 4 aromatic carbocycles. The van der Waals surface area contributed by atoms with Crippen LogP contribution in [0, 0.1) is 0 Å². The predicted molar refractivity (Wildman–Crippen MR) is 105 cm³/mol. The molecule has 0 bridgehead atoms. The highest BCUT2D eigenvalue weighted by Gasteiger charge is 2.48. The van der Waals surface area contributed by atoms with Crippen molar-refractivity contribution in [2.75, 3.05) is 0 Å². The summed E-state index contributed by atoms with van der Waals surface area (Å²) in [6, 6.07) is 17.6. The Bertz CT molecular complexity index is 1200. The largest absolute Gasteiger partial charge is 0.479 e. The monoisotopic (exact) mass is 394 g/mol. The van der Waals surface area contributed by atoms with E-state index in [2.05, 4.69) is 0 Å². The number of aliphatic hydroxyl groups excluding tert-OH is 3. The van der Waals surface area contributed by atoms with Crippen LogP contribution in [0.5, 0.6) is 5.75 Å². The highest BCUT2D eigenvalue weighted by Crippen LogP contribution is 2.39. The van der Waals surface area contributed by atoms with Gasteiger partial charge in [0.1, 0.15) is 24.1 Å². The molecular weight excluding hydrogens is 376 g/mol. The Morgan fingerprint density at radius 2 is 1.41 bits per heavy atom. The Morgan fingerprint density at radius 1 is 0.793 bits per heavy atom. The fourth-order valence-corrected chi connectivity index (χ4v) is 4.09. The number of benzene rings is 4. The molecule has 4 N–H and O–H groups in total. The third kappa shape index (κ3) is 2.71. The third-order valence-electron chi connectivity index (χ3n) is 5.54. The molecule has 1 fully saturated rings. The Hall–Kier alpha value is -2.97. The van der Waals surface area contributed by atoms with Crippen molar-refractivity contribution in [3.05, 3.63) is 54.6 Å². The molecule has 148 valence electrons. The SMILES string of the molecule is O=C(O)[C@@H]1O[C@@H](Oc2ccc3ccc4cccc5ccc2c3c45)[C@H](O)[C@@H](O)[C@@H]1O. The molecule has 0 radical (unpaired) electrons. The van der Waals surface area contributed by atoms with E-state index in [4.69, 9.17) is 9.47 Å². The second-order valence-corrected chi connectivity index (χ2v) is 7.27. The minimum atomic E-state index is -1.76. The molecule has 4 aromatic rings. The molecule has 1 aliphatic heterocycles. The minimum Gasteiger partial charge on any atom is -0.479 e. The Labute approximate surface area is 164 Å². The minimum absolute atomic E-state index is 0.382. The maximum atomic E-state index is 11.3. The van der Waals surface area contributed by atoms with Gasteiger partial charge in [0, 0.05) is 10.8 Å². The van der Waals surface area contributed by atoms with Gasteiger partial charge in [0.2, 0.25) is 6.29 Å². The number of rotatable bonds is 3. The van der Waals surface area contributed by atoms with Crippen molar-refractivity contribution >= 4 is 38.3 Å². The first-order chi connectivity index (χ1) is 14.0. The van der Waals surface area contributed by atoms with E-state index in [1.54, 1.807) is 6.07 Å². The van der Waals surface area contributed by atoms with Gasteiger partial charge in [-0.2, -0.15) is 0 Å². The summed E-state index contributed by atoms with van der Waals surface area (Å²) in [5, 5.41) is 45.4. The van der Waals surface area contributed by atoms with E-state index in [0.717, 1.165) is 32.3 Å². The van der Waals surface area contributed by atoms with Gasteiger partial charge >= 0.3 is 5.97 Å². The number of hydrogen-bond acceptors (Lipinski definition) is 6. The molecule has 1 aliphatic rings. The predicted octanol–water partition coefficient (Wildman–Crippen LogP) is 1.85. The number of ether oxygens (including phenoxy) is 2. The zero-order valence-corrected chi connectivity index (χ0v) is 15.1. The first-order valence-corrected chi connectivity index (χ1v) is 9.21. The van der Waals surface area contributed by atoms with Crippen LogP contribution in [0.1, 0.15) is 0 Å². The second kappa shape index (κ2) is 6.53. The van der Waals surface area contributed by atoms with Crippen molar-refractivity contribution in [2.24, 2.45) is 0 Å². The third-order valence-corrected chi connectivity index (χ3v) is 5.54. The zero-order chi connectivity index (χ0) is 20.3. The summed E-state index contributed by atoms with van der Waals surface area (Å²) in [5.41, 5.74) is 0. The fourth-order valence-electron chi connectivity index (χ4n) is 4.09. The van der Waals surface area contributed by atoms with Gasteiger partial charge < -0.3 is 29.9 Å². The molecule has 0 aromatic heterocycles. The number of carbonyl (C=O) groups is 1. The molecule has 0 unspecified atom stereocenters. The standard InChI is InChI=1S/C22H18O7/c23-17-18(24)20(21(26)27)29-22(19(17)25)28-14-9-7-12-5-4-10-2-1-3-11-6-8-13(14)16(12)15(10)11/h1-9,17-20,22-25H,(H,26,27)/t17-,18-,19+,20+,22+/m0/s1. The summed E-state index contributed by atoms with van der Waals surface area (Å²) in [7, 11) is 0. The first-order valence-electron chi connectivity index (χ1n) is 9.21. The molecule has 0 amide bonds. The molecule has 1 saturated heterocycles. The first kappa shape index (κ1) is 18.1. The maximum absolute atomic E-state index is 11.3. The molecule has 1 heterocycles. The lowest BCUT2D eigenvalue weighted by molar-refractivity contribution is -0.270. The van der Waals surface area contributed by atoms with E-state index < -0.39 is 36.7 Å². The van der Waals surface area contributed by atoms with E-state index in [1.165, 1.54) is 0 Å². The van der Waals surface area contributed by atoms with Gasteiger partial charge in [-0.25, -0.2) is 4.79 Å². The van der Waals surface area contributed by atoms with Gasteiger partial charge in [-0.1, -0.05) is 42.5 Å². The number of aliphatic hydroxyl groups is 3. The molecule has 0 aliphatic carbocycles. The van der Waals surface area contributed by atoms with Gasteiger partial charge in [0.05, 0.1) is 0 Å².